The molecule has 0 aliphatic rings. The minimum Gasteiger partial charge on any atom is -0.612 e. The van der Waals surface area contributed by atoms with Gasteiger partial charge in [-0.1, -0.05) is 6.92 Å². The van der Waals surface area contributed by atoms with Crippen LogP contribution in [0.4, 0.5) is 10.1 Å². The van der Waals surface area contributed by atoms with Gasteiger partial charge in [-0.15, -0.1) is 0 Å². The summed E-state index contributed by atoms with van der Waals surface area (Å²) in [6, 6.07) is 5.20. The smallest absolute Gasteiger partial charge is 0.356 e. The van der Waals surface area contributed by atoms with E-state index in [4.69, 9.17) is 9.47 Å². The normalized spacial score (nSPS) is 11.5. The zero-order valence-electron chi connectivity index (χ0n) is 10.7. The third-order valence-corrected chi connectivity index (χ3v) is 2.07. The standard InChI is InChI=1S/C13H16FNO4/c1-3-18-12(16)11(13(17)19-4-2)15-10-7-5-9(14)6-8-10/h5-8,15-16H,3-4H2,1-2H3/p-1/b12-11+. The number of esters is 1. The number of halogens is 1. The van der Waals surface area contributed by atoms with Gasteiger partial charge in [0.25, 0.3) is 0 Å². The second-order valence-electron chi connectivity index (χ2n) is 3.45. The summed E-state index contributed by atoms with van der Waals surface area (Å²) in [5.41, 5.74) is 0.0489. The maximum absolute atomic E-state index is 12.8. The Bertz CT molecular complexity index is 456. The Kier molecular flexibility index (Phi) is 5.66. The molecule has 19 heavy (non-hydrogen) atoms. The van der Waals surface area contributed by atoms with E-state index in [1.165, 1.54) is 24.3 Å². The molecular formula is C13H15FNO4-. The zero-order chi connectivity index (χ0) is 14.3. The van der Waals surface area contributed by atoms with Gasteiger partial charge in [0.1, 0.15) is 11.5 Å². The highest BCUT2D eigenvalue weighted by Gasteiger charge is 2.13. The zero-order valence-corrected chi connectivity index (χ0v) is 10.7. The Labute approximate surface area is 110 Å². The second-order valence-corrected chi connectivity index (χ2v) is 3.45. The highest BCUT2D eigenvalue weighted by atomic mass is 19.1. The Morgan fingerprint density at radius 2 is 1.79 bits per heavy atom. The quantitative estimate of drug-likeness (QED) is 0.479. The first-order chi connectivity index (χ1) is 9.08. The van der Waals surface area contributed by atoms with Crippen molar-refractivity contribution in [2.24, 2.45) is 0 Å². The van der Waals surface area contributed by atoms with Crippen molar-refractivity contribution in [2.45, 2.75) is 13.8 Å². The molecule has 0 unspecified atom stereocenters. The van der Waals surface area contributed by atoms with Crippen molar-refractivity contribution < 1.29 is 23.8 Å². The Balaban J connectivity index is 2.94. The average molecular weight is 268 g/mol. The van der Waals surface area contributed by atoms with Crippen LogP contribution >= 0.6 is 0 Å². The molecule has 0 saturated carbocycles. The molecule has 0 amide bonds. The van der Waals surface area contributed by atoms with Gasteiger partial charge in [0.15, 0.2) is 0 Å². The van der Waals surface area contributed by atoms with Gasteiger partial charge in [-0.25, -0.2) is 9.18 Å². The summed E-state index contributed by atoms with van der Waals surface area (Å²) in [6.07, 6.45) is 0. The summed E-state index contributed by atoms with van der Waals surface area (Å²) in [7, 11) is 0. The summed E-state index contributed by atoms with van der Waals surface area (Å²) in [5.74, 6) is -2.05. The van der Waals surface area contributed by atoms with Gasteiger partial charge in [-0.05, 0) is 37.8 Å². The minimum atomic E-state index is -0.815. The lowest BCUT2D eigenvalue weighted by Crippen LogP contribution is -2.23. The Morgan fingerprint density at radius 3 is 2.32 bits per heavy atom. The van der Waals surface area contributed by atoms with E-state index in [-0.39, 0.29) is 18.9 Å². The summed E-state index contributed by atoms with van der Waals surface area (Å²) in [6.45, 7) is 3.51. The number of carbonyl (C=O) groups is 1. The molecule has 1 rings (SSSR count). The molecule has 1 aromatic rings. The van der Waals surface area contributed by atoms with Gasteiger partial charge in [-0.3, -0.25) is 0 Å². The first kappa shape index (κ1) is 14.8. The van der Waals surface area contributed by atoms with E-state index >= 15 is 0 Å². The van der Waals surface area contributed by atoms with Crippen LogP contribution in [0, 0.1) is 5.82 Å². The topological polar surface area (TPSA) is 70.6 Å². The second kappa shape index (κ2) is 7.25. The number of hydrogen-bond donors (Lipinski definition) is 1. The molecule has 0 fully saturated rings. The first-order valence-corrected chi connectivity index (χ1v) is 5.82. The van der Waals surface area contributed by atoms with E-state index in [0.29, 0.717) is 5.69 Å². The lowest BCUT2D eigenvalue weighted by molar-refractivity contribution is -0.358. The van der Waals surface area contributed by atoms with E-state index in [2.05, 4.69) is 5.32 Å². The van der Waals surface area contributed by atoms with Crippen LogP contribution in [0.25, 0.3) is 0 Å². The highest BCUT2D eigenvalue weighted by molar-refractivity contribution is 5.92. The average Bonchev–Trinajstić information content (AvgIpc) is 2.38. The van der Waals surface area contributed by atoms with Crippen LogP contribution in [0.1, 0.15) is 13.8 Å². The Hall–Kier alpha value is -2.24. The van der Waals surface area contributed by atoms with E-state index in [9.17, 15) is 14.3 Å². The van der Waals surface area contributed by atoms with Crippen LogP contribution in [0.2, 0.25) is 0 Å². The lowest BCUT2D eigenvalue weighted by atomic mass is 10.3. The van der Waals surface area contributed by atoms with E-state index < -0.39 is 17.7 Å². The molecule has 0 radical (unpaired) electrons. The molecule has 6 heteroatoms. The molecule has 0 bridgehead atoms. The van der Waals surface area contributed by atoms with Crippen LogP contribution in [-0.2, 0) is 14.3 Å². The van der Waals surface area contributed by atoms with Crippen LogP contribution in [0.15, 0.2) is 35.9 Å². The number of anilines is 1. The largest absolute Gasteiger partial charge is 0.612 e. The van der Waals surface area contributed by atoms with E-state index in [1.807, 2.05) is 0 Å². The van der Waals surface area contributed by atoms with E-state index in [1.54, 1.807) is 13.8 Å². The molecule has 0 saturated heterocycles. The molecule has 0 aliphatic carbocycles. The number of nitrogens with one attached hydrogen (secondary N) is 1. The SMILES string of the molecule is CCOC(=O)/C(Nc1ccc(F)cc1)=C(/[O-])OCC. The van der Waals surface area contributed by atoms with Crippen LogP contribution in [-0.4, -0.2) is 19.2 Å². The van der Waals surface area contributed by atoms with Gasteiger partial charge >= 0.3 is 5.97 Å². The number of benzene rings is 1. The highest BCUT2D eigenvalue weighted by Crippen LogP contribution is 2.13. The third-order valence-electron chi connectivity index (χ3n) is 2.07. The molecule has 5 nitrogen and oxygen atoms in total. The molecule has 0 atom stereocenters. The molecule has 0 aromatic heterocycles. The molecule has 1 aromatic carbocycles. The monoisotopic (exact) mass is 268 g/mol. The van der Waals surface area contributed by atoms with Crippen LogP contribution in [0.5, 0.6) is 0 Å². The molecule has 1 N–H and O–H groups in total. The third kappa shape index (κ3) is 4.50. The van der Waals surface area contributed by atoms with Crippen molar-refractivity contribution in [2.75, 3.05) is 18.5 Å². The first-order valence-electron chi connectivity index (χ1n) is 5.82. The van der Waals surface area contributed by atoms with Gasteiger partial charge < -0.3 is 19.9 Å². The fourth-order valence-corrected chi connectivity index (χ4v) is 1.27. The fraction of sp³-hybridized carbons (Fsp3) is 0.308. The number of carbonyl (C=O) groups excluding carboxylic acids is 1. The summed E-state index contributed by atoms with van der Waals surface area (Å²) >= 11 is 0. The van der Waals surface area contributed by atoms with Crippen molar-refractivity contribution in [3.8, 4) is 0 Å². The molecule has 0 heterocycles. The van der Waals surface area contributed by atoms with Crippen molar-refractivity contribution in [1.29, 1.82) is 0 Å². The maximum atomic E-state index is 12.8. The number of hydrogen-bond acceptors (Lipinski definition) is 5. The van der Waals surface area contributed by atoms with Crippen LogP contribution in [0.3, 0.4) is 0 Å². The maximum Gasteiger partial charge on any atom is 0.356 e. The van der Waals surface area contributed by atoms with Crippen molar-refractivity contribution in [1.82, 2.24) is 0 Å². The van der Waals surface area contributed by atoms with Crippen molar-refractivity contribution in [3.05, 3.63) is 41.7 Å². The van der Waals surface area contributed by atoms with Gasteiger partial charge in [0.05, 0.1) is 12.6 Å². The molecule has 0 spiro atoms. The Morgan fingerprint density at radius 1 is 1.21 bits per heavy atom. The summed E-state index contributed by atoms with van der Waals surface area (Å²) < 4.78 is 22.3. The van der Waals surface area contributed by atoms with Crippen molar-refractivity contribution in [3.63, 3.8) is 0 Å². The van der Waals surface area contributed by atoms with Gasteiger partial charge in [-0.2, -0.15) is 0 Å². The summed E-state index contributed by atoms with van der Waals surface area (Å²) in [4.78, 5) is 11.6. The van der Waals surface area contributed by atoms with E-state index in [0.717, 1.165) is 0 Å². The van der Waals surface area contributed by atoms with Gasteiger partial charge in [0.2, 0.25) is 0 Å². The number of ether oxygens (including phenoxy) is 2. The van der Waals surface area contributed by atoms with Crippen LogP contribution < -0.4 is 10.4 Å². The predicted molar refractivity (Wildman–Crippen MR) is 65.3 cm³/mol. The minimum absolute atomic E-state index is 0.132. The molecule has 0 aliphatic heterocycles. The van der Waals surface area contributed by atoms with Gasteiger partial charge in [0, 0.05) is 5.69 Å². The lowest BCUT2D eigenvalue weighted by Gasteiger charge is -2.19. The summed E-state index contributed by atoms with van der Waals surface area (Å²) in [5, 5.41) is 14.2. The molecular weight excluding hydrogens is 253 g/mol. The van der Waals surface area contributed by atoms with Crippen molar-refractivity contribution >= 4 is 11.7 Å². The molecule has 104 valence electrons. The fourth-order valence-electron chi connectivity index (χ4n) is 1.27. The predicted octanol–water partition coefficient (Wildman–Crippen LogP) is 1.37. The number of rotatable bonds is 6.